The van der Waals surface area contributed by atoms with Crippen LogP contribution in [0.15, 0.2) is 53.7 Å². The van der Waals surface area contributed by atoms with Gasteiger partial charge in [-0.05, 0) is 36.1 Å². The van der Waals surface area contributed by atoms with Gasteiger partial charge in [0, 0.05) is 45.3 Å². The fraction of sp³-hybridized carbons (Fsp3) is 0.429. The maximum Gasteiger partial charge on any atom is 0.191 e. The van der Waals surface area contributed by atoms with E-state index in [1.165, 1.54) is 18.4 Å². The number of hydrogen-bond acceptors (Lipinski definition) is 4. The van der Waals surface area contributed by atoms with Crippen LogP contribution in [0, 0.1) is 0 Å². The van der Waals surface area contributed by atoms with Crippen molar-refractivity contribution in [2.24, 2.45) is 4.99 Å². The summed E-state index contributed by atoms with van der Waals surface area (Å²) in [6.07, 6.45) is 4.36. The van der Waals surface area contributed by atoms with Crippen molar-refractivity contribution in [3.63, 3.8) is 0 Å². The number of rotatable bonds is 7. The Morgan fingerprint density at radius 1 is 1.18 bits per heavy atom. The topological polar surface area (TPSA) is 72.8 Å². The predicted molar refractivity (Wildman–Crippen MR) is 126 cm³/mol. The van der Waals surface area contributed by atoms with Gasteiger partial charge in [-0.25, -0.2) is 4.98 Å². The lowest BCUT2D eigenvalue weighted by atomic mass is 10.0. The fourth-order valence-electron chi connectivity index (χ4n) is 3.33. The van der Waals surface area contributed by atoms with E-state index in [0.717, 1.165) is 30.4 Å². The van der Waals surface area contributed by atoms with Crippen LogP contribution in [0.4, 0.5) is 5.82 Å². The Labute approximate surface area is 184 Å². The van der Waals surface area contributed by atoms with Crippen molar-refractivity contribution >= 4 is 35.8 Å². The minimum Gasteiger partial charge on any atom is -0.396 e. The van der Waals surface area contributed by atoms with Crippen molar-refractivity contribution in [2.45, 2.75) is 25.3 Å². The number of nitrogens with zero attached hydrogens (tertiary/aromatic N) is 3. The van der Waals surface area contributed by atoms with Gasteiger partial charge in [0.25, 0.3) is 0 Å². The minimum absolute atomic E-state index is 0. The number of benzene rings is 1. The molecule has 1 saturated heterocycles. The lowest BCUT2D eigenvalue weighted by molar-refractivity contribution is 0.265. The van der Waals surface area contributed by atoms with Crippen LogP contribution in [-0.4, -0.2) is 49.3 Å². The van der Waals surface area contributed by atoms with E-state index in [0.29, 0.717) is 13.1 Å². The molecule has 1 atom stereocenters. The summed E-state index contributed by atoms with van der Waals surface area (Å²) in [4.78, 5) is 11.1. The average molecular weight is 495 g/mol. The Balaban J connectivity index is 0.00000280. The molecule has 1 aliphatic heterocycles. The van der Waals surface area contributed by atoms with Crippen molar-refractivity contribution in [1.29, 1.82) is 0 Å². The molecular formula is C21H30IN5O. The first-order valence-corrected chi connectivity index (χ1v) is 9.60. The lowest BCUT2D eigenvalue weighted by Gasteiger charge is -2.19. The Morgan fingerprint density at radius 3 is 2.61 bits per heavy atom. The molecule has 0 bridgehead atoms. The van der Waals surface area contributed by atoms with Crippen molar-refractivity contribution in [1.82, 2.24) is 15.6 Å². The molecule has 3 rings (SSSR count). The van der Waals surface area contributed by atoms with Crippen LogP contribution in [0.5, 0.6) is 0 Å². The number of anilines is 1. The summed E-state index contributed by atoms with van der Waals surface area (Å²) in [5.74, 6) is 1.82. The second-order valence-electron chi connectivity index (χ2n) is 6.81. The van der Waals surface area contributed by atoms with E-state index in [9.17, 15) is 5.11 Å². The molecule has 0 aliphatic carbocycles. The summed E-state index contributed by atoms with van der Waals surface area (Å²) >= 11 is 0. The molecule has 28 heavy (non-hydrogen) atoms. The fourth-order valence-corrected chi connectivity index (χ4v) is 3.33. The zero-order valence-electron chi connectivity index (χ0n) is 16.3. The van der Waals surface area contributed by atoms with Gasteiger partial charge in [-0.3, -0.25) is 4.99 Å². The number of pyridine rings is 1. The number of nitrogens with one attached hydrogen (secondary N) is 2. The highest BCUT2D eigenvalue weighted by Gasteiger charge is 2.14. The molecule has 1 unspecified atom stereocenters. The predicted octanol–water partition coefficient (Wildman–Crippen LogP) is 2.74. The normalized spacial score (nSPS) is 15.1. The number of aliphatic hydroxyl groups excluding tert-OH is 1. The molecule has 1 aliphatic rings. The highest BCUT2D eigenvalue weighted by atomic mass is 127. The molecule has 2 heterocycles. The largest absolute Gasteiger partial charge is 0.396 e. The summed E-state index contributed by atoms with van der Waals surface area (Å²) in [5, 5.41) is 16.4. The number of guanidine groups is 1. The van der Waals surface area contributed by atoms with Gasteiger partial charge in [0.15, 0.2) is 5.96 Å². The molecule has 1 aromatic heterocycles. The van der Waals surface area contributed by atoms with E-state index in [2.05, 4.69) is 31.6 Å². The molecule has 0 saturated carbocycles. The van der Waals surface area contributed by atoms with E-state index in [4.69, 9.17) is 0 Å². The molecule has 7 heteroatoms. The van der Waals surface area contributed by atoms with Crippen molar-refractivity contribution in [3.05, 3.63) is 59.8 Å². The molecular weight excluding hydrogens is 465 g/mol. The highest BCUT2D eigenvalue weighted by molar-refractivity contribution is 14.0. The van der Waals surface area contributed by atoms with Crippen LogP contribution < -0.4 is 15.5 Å². The molecule has 152 valence electrons. The van der Waals surface area contributed by atoms with E-state index in [-0.39, 0.29) is 36.5 Å². The van der Waals surface area contributed by atoms with Gasteiger partial charge >= 0.3 is 0 Å². The summed E-state index contributed by atoms with van der Waals surface area (Å²) < 4.78 is 0. The molecule has 3 N–H and O–H groups in total. The van der Waals surface area contributed by atoms with Crippen molar-refractivity contribution in [3.8, 4) is 0 Å². The van der Waals surface area contributed by atoms with Crippen LogP contribution in [0.25, 0.3) is 0 Å². The van der Waals surface area contributed by atoms with E-state index < -0.39 is 0 Å². The second kappa shape index (κ2) is 11.9. The van der Waals surface area contributed by atoms with Gasteiger partial charge in [-0.15, -0.1) is 24.0 Å². The van der Waals surface area contributed by atoms with Crippen LogP contribution in [0.3, 0.4) is 0 Å². The molecule has 1 aromatic carbocycles. The van der Waals surface area contributed by atoms with Crippen LogP contribution >= 0.6 is 24.0 Å². The van der Waals surface area contributed by atoms with E-state index in [1.54, 1.807) is 7.05 Å². The van der Waals surface area contributed by atoms with Gasteiger partial charge < -0.3 is 20.6 Å². The smallest absolute Gasteiger partial charge is 0.191 e. The van der Waals surface area contributed by atoms with Crippen molar-refractivity contribution < 1.29 is 5.11 Å². The van der Waals surface area contributed by atoms with Gasteiger partial charge in [0.05, 0.1) is 6.61 Å². The monoisotopic (exact) mass is 495 g/mol. The number of aromatic nitrogens is 1. The van der Waals surface area contributed by atoms with Gasteiger partial charge in [-0.1, -0.05) is 30.3 Å². The minimum atomic E-state index is 0. The maximum absolute atomic E-state index is 9.70. The van der Waals surface area contributed by atoms with E-state index >= 15 is 0 Å². The van der Waals surface area contributed by atoms with Gasteiger partial charge in [0.1, 0.15) is 5.82 Å². The zero-order valence-corrected chi connectivity index (χ0v) is 18.7. The quantitative estimate of drug-likeness (QED) is 0.313. The number of aliphatic imine (C=N–C) groups is 1. The Bertz CT molecular complexity index is 735. The standard InChI is InChI=1S/C21H29N5O.HI/c1-22-21(25-15-19(16-27)18-7-3-2-4-8-18)24-14-17-9-10-23-20(13-17)26-11-5-6-12-26;/h2-4,7-10,13,19,27H,5-6,11-12,14-16H2,1H3,(H2,22,24,25);1H. The molecule has 2 aromatic rings. The molecule has 0 spiro atoms. The molecule has 1 fully saturated rings. The third-order valence-electron chi connectivity index (χ3n) is 4.93. The Morgan fingerprint density at radius 2 is 1.93 bits per heavy atom. The Hall–Kier alpha value is -1.87. The Kier molecular flexibility index (Phi) is 9.49. The van der Waals surface area contributed by atoms with Crippen molar-refractivity contribution in [2.75, 3.05) is 38.2 Å². The van der Waals surface area contributed by atoms with Crippen LogP contribution in [-0.2, 0) is 6.54 Å². The molecule has 6 nitrogen and oxygen atoms in total. The van der Waals surface area contributed by atoms with Crippen LogP contribution in [0.2, 0.25) is 0 Å². The number of aliphatic hydroxyl groups is 1. The van der Waals surface area contributed by atoms with Crippen LogP contribution in [0.1, 0.15) is 29.9 Å². The first-order valence-electron chi connectivity index (χ1n) is 9.60. The first-order chi connectivity index (χ1) is 13.3. The SMILES string of the molecule is CN=C(NCc1ccnc(N2CCCC2)c1)NCC(CO)c1ccccc1.I. The summed E-state index contributed by atoms with van der Waals surface area (Å²) in [7, 11) is 1.76. The van der Waals surface area contributed by atoms with Gasteiger partial charge in [-0.2, -0.15) is 0 Å². The second-order valence-corrected chi connectivity index (χ2v) is 6.81. The third-order valence-corrected chi connectivity index (χ3v) is 4.93. The zero-order chi connectivity index (χ0) is 18.9. The average Bonchev–Trinajstić information content (AvgIpc) is 3.27. The highest BCUT2D eigenvalue weighted by Crippen LogP contribution is 2.18. The third kappa shape index (κ3) is 6.34. The molecule has 0 amide bonds. The summed E-state index contributed by atoms with van der Waals surface area (Å²) in [5.41, 5.74) is 2.30. The number of hydrogen-bond donors (Lipinski definition) is 3. The van der Waals surface area contributed by atoms with E-state index in [1.807, 2.05) is 42.6 Å². The molecule has 0 radical (unpaired) electrons. The summed E-state index contributed by atoms with van der Waals surface area (Å²) in [6.45, 7) is 3.58. The number of halogens is 1. The first kappa shape index (κ1) is 22.4. The lowest BCUT2D eigenvalue weighted by Crippen LogP contribution is -2.39. The van der Waals surface area contributed by atoms with Gasteiger partial charge in [0.2, 0.25) is 0 Å². The summed E-state index contributed by atoms with van der Waals surface area (Å²) in [6, 6.07) is 14.2. The maximum atomic E-state index is 9.70.